The molecule has 1 rings (SSSR count). The van der Waals surface area contributed by atoms with Crippen LogP contribution in [0.25, 0.3) is 0 Å². The van der Waals surface area contributed by atoms with E-state index in [9.17, 15) is 30.0 Å². The normalized spacial score (nSPS) is 20.3. The maximum atomic E-state index is 13.0. The zero-order valence-electron chi connectivity index (χ0n) is 32.2. The number of aliphatic hydroxyl groups excluding tert-OH is 4. The minimum Gasteiger partial charge on any atom is -0.453 e. The molecule has 1 fully saturated rings. The Hall–Kier alpha value is -1.90. The highest BCUT2D eigenvalue weighted by molar-refractivity contribution is 5.67. The number of hydrogen-bond donors (Lipinski definition) is 4. The van der Waals surface area contributed by atoms with Gasteiger partial charge in [0.1, 0.15) is 0 Å². The smallest absolute Gasteiger partial charge is 0.409 e. The van der Waals surface area contributed by atoms with Crippen LogP contribution in [-0.4, -0.2) is 247 Å². The molecule has 17 heteroatoms. The van der Waals surface area contributed by atoms with E-state index in [1.165, 1.54) is 35.5 Å². The van der Waals surface area contributed by atoms with Crippen molar-refractivity contribution in [3.05, 3.63) is 0 Å². The quantitative estimate of drug-likeness (QED) is 0.141. The first-order valence-electron chi connectivity index (χ1n) is 18.2. The van der Waals surface area contributed by atoms with Crippen molar-refractivity contribution in [2.45, 2.75) is 50.6 Å². The second-order valence-corrected chi connectivity index (χ2v) is 13.2. The van der Waals surface area contributed by atoms with Gasteiger partial charge in [0.2, 0.25) is 0 Å². The fourth-order valence-corrected chi connectivity index (χ4v) is 6.10. The Bertz CT molecular complexity index is 898. The maximum absolute atomic E-state index is 13.0. The summed E-state index contributed by atoms with van der Waals surface area (Å²) in [4.78, 5) is 37.5. The van der Waals surface area contributed by atoms with Crippen LogP contribution in [0.4, 0.5) is 9.59 Å². The van der Waals surface area contributed by atoms with Crippen molar-refractivity contribution in [2.24, 2.45) is 0 Å². The number of rotatable bonds is 17. The summed E-state index contributed by atoms with van der Waals surface area (Å²) < 4.78 is 25.8. The van der Waals surface area contributed by atoms with Crippen LogP contribution in [0.15, 0.2) is 0 Å². The van der Waals surface area contributed by atoms with Gasteiger partial charge in [0, 0.05) is 126 Å². The van der Waals surface area contributed by atoms with Crippen molar-refractivity contribution in [3.8, 4) is 0 Å². The number of hydrogen-bond acceptors (Lipinski definition) is 15. The molecule has 302 valence electrons. The molecule has 4 unspecified atom stereocenters. The molecule has 0 bridgehead atoms. The molecule has 1 saturated heterocycles. The molecule has 4 atom stereocenters. The Balaban J connectivity index is 3.46. The number of carbonyl (C=O) groups excluding carboxylic acids is 2. The molecule has 1 aliphatic rings. The number of β-amino-alcohol motifs (C(OH)–C–C–N with tert-alkyl or cyclic N) is 4. The summed E-state index contributed by atoms with van der Waals surface area (Å²) in [6.07, 6.45) is -1.23. The number of carbonyl (C=O) groups is 2. The molecule has 0 aliphatic carbocycles. The van der Waals surface area contributed by atoms with E-state index in [1.807, 2.05) is 9.80 Å². The predicted molar refractivity (Wildman–Crippen MR) is 193 cm³/mol. The second-order valence-electron chi connectivity index (χ2n) is 13.2. The third kappa shape index (κ3) is 21.4. The number of unbranched alkanes of at least 4 members (excludes halogenated alkanes) is 1. The van der Waals surface area contributed by atoms with Crippen LogP contribution in [0, 0.1) is 0 Å². The van der Waals surface area contributed by atoms with E-state index >= 15 is 0 Å². The molecule has 0 aromatic rings. The Kier molecular flexibility index (Phi) is 26.4. The minimum absolute atomic E-state index is 0.146. The largest absolute Gasteiger partial charge is 0.453 e. The molecule has 4 N–H and O–H groups in total. The number of methoxy groups -OCH3 is 5. The molecule has 17 nitrogen and oxygen atoms in total. The second kappa shape index (κ2) is 28.6. The van der Waals surface area contributed by atoms with Gasteiger partial charge < -0.3 is 53.9 Å². The van der Waals surface area contributed by atoms with Crippen molar-refractivity contribution in [2.75, 3.05) is 160 Å². The van der Waals surface area contributed by atoms with Gasteiger partial charge in [0.25, 0.3) is 0 Å². The van der Waals surface area contributed by atoms with Crippen molar-refractivity contribution >= 4 is 12.2 Å². The summed E-state index contributed by atoms with van der Waals surface area (Å²) in [7, 11) is 7.28. The first kappa shape index (κ1) is 47.1. The average molecular weight is 739 g/mol. The first-order valence-corrected chi connectivity index (χ1v) is 18.2. The van der Waals surface area contributed by atoms with Gasteiger partial charge in [-0.2, -0.15) is 0 Å². The SMILES string of the molecule is CCCCC(O)CN1CCN(CC(O)COC)CCN(C(=O)OC)CCN(CC(O)COC)CCN(CC(O)COC)CCN(C(=O)OC)CC1. The Morgan fingerprint density at radius 1 is 0.490 bits per heavy atom. The van der Waals surface area contributed by atoms with Gasteiger partial charge in [0.05, 0.1) is 58.5 Å². The molecular weight excluding hydrogens is 668 g/mol. The van der Waals surface area contributed by atoms with Crippen LogP contribution in [0.5, 0.6) is 0 Å². The maximum Gasteiger partial charge on any atom is 0.409 e. The third-order valence-corrected chi connectivity index (χ3v) is 8.92. The number of ether oxygens (including phenoxy) is 5. The lowest BCUT2D eigenvalue weighted by Crippen LogP contribution is -2.50. The molecule has 1 heterocycles. The van der Waals surface area contributed by atoms with Crippen LogP contribution in [0.1, 0.15) is 26.2 Å². The molecule has 0 aromatic heterocycles. The highest BCUT2D eigenvalue weighted by Crippen LogP contribution is 2.08. The fourth-order valence-electron chi connectivity index (χ4n) is 6.10. The van der Waals surface area contributed by atoms with Gasteiger partial charge in [0.15, 0.2) is 0 Å². The summed E-state index contributed by atoms with van der Waals surface area (Å²) in [5, 5.41) is 42.8. The number of aliphatic hydroxyl groups is 4. The standard InChI is InChI=1S/C34H70N6O11/c1-7-8-9-29(41)22-35-10-11-36(23-30(42)26-47-2)15-20-40(34(46)51-6)21-17-38(25-32(44)28-49-4)13-12-37(24-31(43)27-48-3)16-19-39(18-14-35)33(45)50-5/h29-32,41-44H,7-28H2,1-6H3. The van der Waals surface area contributed by atoms with E-state index in [4.69, 9.17) is 23.7 Å². The molecule has 51 heavy (non-hydrogen) atoms. The van der Waals surface area contributed by atoms with E-state index in [1.54, 1.807) is 9.80 Å². The lowest BCUT2D eigenvalue weighted by atomic mass is 10.1. The van der Waals surface area contributed by atoms with Gasteiger partial charge >= 0.3 is 12.2 Å². The van der Waals surface area contributed by atoms with Crippen LogP contribution in [0.2, 0.25) is 0 Å². The lowest BCUT2D eigenvalue weighted by Gasteiger charge is -2.35. The Morgan fingerprint density at radius 2 is 0.765 bits per heavy atom. The third-order valence-electron chi connectivity index (χ3n) is 8.92. The first-order chi connectivity index (χ1) is 24.5. The Labute approximate surface area is 305 Å². The molecule has 1 aliphatic heterocycles. The fraction of sp³-hybridized carbons (Fsp3) is 0.941. The zero-order valence-corrected chi connectivity index (χ0v) is 32.2. The number of amides is 2. The van der Waals surface area contributed by atoms with Crippen LogP contribution < -0.4 is 0 Å². The van der Waals surface area contributed by atoms with Crippen molar-refractivity contribution in [3.63, 3.8) is 0 Å². The number of nitrogens with zero attached hydrogens (tertiary/aromatic N) is 6. The molecule has 0 spiro atoms. The van der Waals surface area contributed by atoms with Gasteiger partial charge in [-0.1, -0.05) is 19.8 Å². The van der Waals surface area contributed by atoms with E-state index < -0.39 is 36.6 Å². The van der Waals surface area contributed by atoms with E-state index in [-0.39, 0.29) is 19.8 Å². The van der Waals surface area contributed by atoms with E-state index in [2.05, 4.69) is 16.7 Å². The molecule has 0 radical (unpaired) electrons. The Morgan fingerprint density at radius 3 is 1.02 bits per heavy atom. The average Bonchev–Trinajstić information content (AvgIpc) is 3.10. The summed E-state index contributed by atoms with van der Waals surface area (Å²) in [6.45, 7) is 8.98. The van der Waals surface area contributed by atoms with Gasteiger partial charge in [-0.25, -0.2) is 9.59 Å². The highest BCUT2D eigenvalue weighted by atomic mass is 16.5. The zero-order chi connectivity index (χ0) is 38.0. The van der Waals surface area contributed by atoms with Gasteiger partial charge in [-0.05, 0) is 6.42 Å². The van der Waals surface area contributed by atoms with Crippen molar-refractivity contribution < 1.29 is 53.7 Å². The van der Waals surface area contributed by atoms with Gasteiger partial charge in [-0.3, -0.25) is 19.6 Å². The van der Waals surface area contributed by atoms with Crippen LogP contribution >= 0.6 is 0 Å². The minimum atomic E-state index is -0.761. The lowest BCUT2D eigenvalue weighted by molar-refractivity contribution is 0.0186. The summed E-state index contributed by atoms with van der Waals surface area (Å²) in [5.41, 5.74) is 0. The van der Waals surface area contributed by atoms with Crippen molar-refractivity contribution in [1.29, 1.82) is 0 Å². The molecule has 0 aromatic carbocycles. The van der Waals surface area contributed by atoms with Crippen LogP contribution in [-0.2, 0) is 23.7 Å². The van der Waals surface area contributed by atoms with E-state index in [0.717, 1.165) is 12.8 Å². The molecule has 0 saturated carbocycles. The summed E-state index contributed by atoms with van der Waals surface area (Å²) >= 11 is 0. The topological polar surface area (TPSA) is 181 Å². The highest BCUT2D eigenvalue weighted by Gasteiger charge is 2.24. The molecular formula is C34H70N6O11. The van der Waals surface area contributed by atoms with E-state index in [0.29, 0.717) is 111 Å². The van der Waals surface area contributed by atoms with Gasteiger partial charge in [-0.15, -0.1) is 0 Å². The van der Waals surface area contributed by atoms with Crippen LogP contribution in [0.3, 0.4) is 0 Å². The molecule has 2 amide bonds. The predicted octanol–water partition coefficient (Wildman–Crippen LogP) is -1.08. The van der Waals surface area contributed by atoms with Crippen molar-refractivity contribution in [1.82, 2.24) is 29.4 Å². The summed E-state index contributed by atoms with van der Waals surface area (Å²) in [6, 6.07) is 0. The monoisotopic (exact) mass is 739 g/mol. The summed E-state index contributed by atoms with van der Waals surface area (Å²) in [5.74, 6) is 0.